The normalized spacial score (nSPS) is 37.9. The maximum atomic E-state index is 10.1. The summed E-state index contributed by atoms with van der Waals surface area (Å²) in [6.07, 6.45) is 5.99. The molecule has 1 aliphatic carbocycles. The molecule has 0 aromatic heterocycles. The third-order valence-corrected chi connectivity index (χ3v) is 4.61. The summed E-state index contributed by atoms with van der Waals surface area (Å²) in [5.41, 5.74) is 0.425. The zero-order valence-electron chi connectivity index (χ0n) is 11.1. The first-order chi connectivity index (χ1) is 7.48. The van der Waals surface area contributed by atoms with Crippen LogP contribution in [0.3, 0.4) is 0 Å². The molecule has 2 aliphatic rings. The van der Waals surface area contributed by atoms with Crippen molar-refractivity contribution in [3.8, 4) is 0 Å². The van der Waals surface area contributed by atoms with Crippen LogP contribution in [0.15, 0.2) is 0 Å². The van der Waals surface area contributed by atoms with Crippen LogP contribution in [0, 0.1) is 11.3 Å². The molecule has 0 spiro atoms. The summed E-state index contributed by atoms with van der Waals surface area (Å²) in [6.45, 7) is 9.43. The monoisotopic (exact) mass is 225 g/mol. The fourth-order valence-corrected chi connectivity index (χ4v) is 3.31. The summed E-state index contributed by atoms with van der Waals surface area (Å²) >= 11 is 0. The van der Waals surface area contributed by atoms with E-state index in [1.165, 1.54) is 38.8 Å². The molecule has 1 aliphatic heterocycles. The SMILES string of the molecule is CC(C)(C)C1CCN([C@H]2CCCC[C@@H]2O)C1. The van der Waals surface area contributed by atoms with Gasteiger partial charge in [0, 0.05) is 12.6 Å². The highest BCUT2D eigenvalue weighted by molar-refractivity contribution is 4.91. The molecule has 2 nitrogen and oxygen atoms in total. The zero-order valence-corrected chi connectivity index (χ0v) is 11.1. The maximum Gasteiger partial charge on any atom is 0.0695 e. The van der Waals surface area contributed by atoms with Crippen molar-refractivity contribution >= 4 is 0 Å². The summed E-state index contributed by atoms with van der Waals surface area (Å²) < 4.78 is 0. The van der Waals surface area contributed by atoms with E-state index < -0.39 is 0 Å². The van der Waals surface area contributed by atoms with Crippen molar-refractivity contribution in [1.29, 1.82) is 0 Å². The van der Waals surface area contributed by atoms with Crippen molar-refractivity contribution in [1.82, 2.24) is 4.90 Å². The fraction of sp³-hybridized carbons (Fsp3) is 1.00. The van der Waals surface area contributed by atoms with Crippen LogP contribution in [-0.2, 0) is 0 Å². The molecule has 94 valence electrons. The van der Waals surface area contributed by atoms with Gasteiger partial charge in [-0.15, -0.1) is 0 Å². The van der Waals surface area contributed by atoms with Gasteiger partial charge in [0.1, 0.15) is 0 Å². The first-order valence-corrected chi connectivity index (χ1v) is 6.90. The minimum atomic E-state index is -0.0625. The van der Waals surface area contributed by atoms with Crippen LogP contribution in [0.25, 0.3) is 0 Å². The predicted octanol–water partition coefficient (Wildman–Crippen LogP) is 2.66. The van der Waals surface area contributed by atoms with E-state index in [1.807, 2.05) is 0 Å². The largest absolute Gasteiger partial charge is 0.391 e. The van der Waals surface area contributed by atoms with Crippen LogP contribution in [0.1, 0.15) is 52.9 Å². The lowest BCUT2D eigenvalue weighted by molar-refractivity contribution is 0.0267. The summed E-state index contributed by atoms with van der Waals surface area (Å²) in [7, 11) is 0. The van der Waals surface area contributed by atoms with Crippen molar-refractivity contribution in [3.05, 3.63) is 0 Å². The van der Waals surface area contributed by atoms with E-state index in [-0.39, 0.29) is 6.10 Å². The molecule has 2 heteroatoms. The van der Waals surface area contributed by atoms with Crippen LogP contribution >= 0.6 is 0 Å². The minimum Gasteiger partial charge on any atom is -0.391 e. The molecule has 0 aromatic carbocycles. The molecule has 16 heavy (non-hydrogen) atoms. The molecule has 3 atom stereocenters. The lowest BCUT2D eigenvalue weighted by atomic mass is 9.80. The second-order valence-corrected chi connectivity index (χ2v) is 6.77. The molecule has 2 fully saturated rings. The van der Waals surface area contributed by atoms with Gasteiger partial charge in [-0.2, -0.15) is 0 Å². The minimum absolute atomic E-state index is 0.0625. The Morgan fingerprint density at radius 1 is 1.06 bits per heavy atom. The number of nitrogens with zero attached hydrogens (tertiary/aromatic N) is 1. The van der Waals surface area contributed by atoms with Crippen molar-refractivity contribution in [2.24, 2.45) is 11.3 Å². The third kappa shape index (κ3) is 2.60. The van der Waals surface area contributed by atoms with Crippen LogP contribution in [0.5, 0.6) is 0 Å². The molecule has 1 saturated heterocycles. The Hall–Kier alpha value is -0.0800. The number of likely N-dealkylation sites (tertiary alicyclic amines) is 1. The first-order valence-electron chi connectivity index (χ1n) is 6.90. The highest BCUT2D eigenvalue weighted by Gasteiger charge is 2.37. The second-order valence-electron chi connectivity index (χ2n) is 6.77. The van der Waals surface area contributed by atoms with Crippen molar-refractivity contribution in [2.45, 2.75) is 65.0 Å². The Morgan fingerprint density at radius 3 is 2.31 bits per heavy atom. The predicted molar refractivity (Wildman–Crippen MR) is 67.4 cm³/mol. The van der Waals surface area contributed by atoms with E-state index in [9.17, 15) is 5.11 Å². The average molecular weight is 225 g/mol. The summed E-state index contributed by atoms with van der Waals surface area (Å²) in [6, 6.07) is 0.459. The number of hydrogen-bond acceptors (Lipinski definition) is 2. The lowest BCUT2D eigenvalue weighted by Crippen LogP contribution is -2.44. The summed E-state index contributed by atoms with van der Waals surface area (Å²) in [4.78, 5) is 2.56. The molecule has 1 N–H and O–H groups in total. The van der Waals surface area contributed by atoms with Crippen LogP contribution in [-0.4, -0.2) is 35.2 Å². The van der Waals surface area contributed by atoms with Gasteiger partial charge in [0.25, 0.3) is 0 Å². The van der Waals surface area contributed by atoms with E-state index in [2.05, 4.69) is 25.7 Å². The summed E-state index contributed by atoms with van der Waals surface area (Å²) in [5.74, 6) is 0.807. The van der Waals surface area contributed by atoms with Crippen molar-refractivity contribution in [3.63, 3.8) is 0 Å². The Morgan fingerprint density at radius 2 is 1.75 bits per heavy atom. The first kappa shape index (κ1) is 12.4. The molecule has 0 amide bonds. The Labute approximate surface area is 100 Å². The quantitative estimate of drug-likeness (QED) is 0.741. The average Bonchev–Trinajstić information content (AvgIpc) is 2.66. The molecular weight excluding hydrogens is 198 g/mol. The molecule has 0 aromatic rings. The second kappa shape index (κ2) is 4.66. The lowest BCUT2D eigenvalue weighted by Gasteiger charge is -2.36. The van der Waals surface area contributed by atoms with Crippen LogP contribution < -0.4 is 0 Å². The molecule has 1 heterocycles. The molecule has 0 radical (unpaired) electrons. The standard InChI is InChI=1S/C14H27NO/c1-14(2,3)11-8-9-15(10-11)12-6-4-5-7-13(12)16/h11-13,16H,4-10H2,1-3H3/t11?,12-,13-/m0/s1. The van der Waals surface area contributed by atoms with Crippen LogP contribution in [0.2, 0.25) is 0 Å². The highest BCUT2D eigenvalue weighted by atomic mass is 16.3. The van der Waals surface area contributed by atoms with Crippen LogP contribution in [0.4, 0.5) is 0 Å². The number of aliphatic hydroxyl groups excluding tert-OH is 1. The van der Waals surface area contributed by atoms with Gasteiger partial charge in [0.15, 0.2) is 0 Å². The van der Waals surface area contributed by atoms with Gasteiger partial charge in [-0.1, -0.05) is 33.6 Å². The van der Waals surface area contributed by atoms with Gasteiger partial charge < -0.3 is 5.11 Å². The molecule has 1 saturated carbocycles. The molecule has 0 bridgehead atoms. The molecule has 2 rings (SSSR count). The topological polar surface area (TPSA) is 23.5 Å². The van der Waals surface area contributed by atoms with Gasteiger partial charge in [0.05, 0.1) is 6.10 Å². The van der Waals surface area contributed by atoms with Gasteiger partial charge in [-0.25, -0.2) is 0 Å². The van der Waals surface area contributed by atoms with Gasteiger partial charge in [-0.05, 0) is 37.1 Å². The Balaban J connectivity index is 1.92. The van der Waals surface area contributed by atoms with E-state index in [4.69, 9.17) is 0 Å². The Kier molecular flexibility index (Phi) is 3.60. The van der Waals surface area contributed by atoms with Crippen molar-refractivity contribution in [2.75, 3.05) is 13.1 Å². The number of rotatable bonds is 1. The van der Waals surface area contributed by atoms with Gasteiger partial charge in [-0.3, -0.25) is 4.90 Å². The number of hydrogen-bond donors (Lipinski definition) is 1. The number of aliphatic hydroxyl groups is 1. The maximum absolute atomic E-state index is 10.1. The fourth-order valence-electron chi connectivity index (χ4n) is 3.31. The van der Waals surface area contributed by atoms with Crippen molar-refractivity contribution < 1.29 is 5.11 Å². The van der Waals surface area contributed by atoms with E-state index in [1.54, 1.807) is 0 Å². The smallest absolute Gasteiger partial charge is 0.0695 e. The summed E-state index contributed by atoms with van der Waals surface area (Å²) in [5, 5.41) is 10.1. The van der Waals surface area contributed by atoms with Gasteiger partial charge in [0.2, 0.25) is 0 Å². The Bertz CT molecular complexity index is 233. The third-order valence-electron chi connectivity index (χ3n) is 4.61. The van der Waals surface area contributed by atoms with E-state index in [0.717, 1.165) is 12.3 Å². The molecule has 1 unspecified atom stereocenters. The molecular formula is C14H27NO. The van der Waals surface area contributed by atoms with Gasteiger partial charge >= 0.3 is 0 Å². The van der Waals surface area contributed by atoms with E-state index >= 15 is 0 Å². The zero-order chi connectivity index (χ0) is 11.8. The highest BCUT2D eigenvalue weighted by Crippen LogP contribution is 2.36. The van der Waals surface area contributed by atoms with E-state index in [0.29, 0.717) is 11.5 Å².